The highest BCUT2D eigenvalue weighted by Gasteiger charge is 2.31. The predicted molar refractivity (Wildman–Crippen MR) is 98.5 cm³/mol. The molecule has 0 saturated heterocycles. The van der Waals surface area contributed by atoms with Crippen molar-refractivity contribution in [2.45, 2.75) is 31.2 Å². The second-order valence-corrected chi connectivity index (χ2v) is 6.93. The third kappa shape index (κ3) is 5.19. The smallest absolute Gasteiger partial charge is 0.328 e. The molecule has 1 aromatic carbocycles. The number of rotatable bonds is 7. The molecule has 1 atom stereocenters. The van der Waals surface area contributed by atoms with Crippen LogP contribution in [0.25, 0.3) is 0 Å². The molecular formula is C19H23NO4S. The van der Waals surface area contributed by atoms with E-state index in [0.29, 0.717) is 19.3 Å². The molecule has 25 heavy (non-hydrogen) atoms. The van der Waals surface area contributed by atoms with E-state index in [9.17, 15) is 14.4 Å². The van der Waals surface area contributed by atoms with Crippen LogP contribution in [0.2, 0.25) is 0 Å². The van der Waals surface area contributed by atoms with Crippen LogP contribution in [0.15, 0.2) is 42.1 Å². The highest BCUT2D eigenvalue weighted by Crippen LogP contribution is 2.31. The maximum Gasteiger partial charge on any atom is 0.328 e. The molecule has 1 aromatic rings. The lowest BCUT2D eigenvalue weighted by atomic mass is 9.80. The monoisotopic (exact) mass is 361 g/mol. The Kier molecular flexibility index (Phi) is 7.25. The molecule has 2 rings (SSSR count). The molecule has 1 saturated carbocycles. The van der Waals surface area contributed by atoms with Crippen molar-refractivity contribution in [2.24, 2.45) is 0 Å². The topological polar surface area (TPSA) is 72.5 Å². The number of carbonyl (C=O) groups excluding carboxylic acids is 3. The zero-order chi connectivity index (χ0) is 18.2. The molecule has 0 spiro atoms. The van der Waals surface area contributed by atoms with Gasteiger partial charge in [-0.1, -0.05) is 30.3 Å². The number of hydrogen-bond donors (Lipinski definition) is 1. The molecule has 0 aliphatic heterocycles. The zero-order valence-electron chi connectivity index (χ0n) is 14.5. The standard InChI is InChI=1S/C19H23NO4S/c1-24-19(23)16(8-9-25-2)20-12-15-17(21)10-14(11-18(15)22)13-6-4-3-5-7-13/h3-7,12,14,16,20H,8-11H2,1-2H3/t14?,16-/m0/s1. The number of Topliss-reactive ketones (excluding diaryl/α,β-unsaturated/α-hetero) is 2. The van der Waals surface area contributed by atoms with Crippen LogP contribution in [-0.4, -0.2) is 42.7 Å². The van der Waals surface area contributed by atoms with Gasteiger partial charge >= 0.3 is 5.97 Å². The van der Waals surface area contributed by atoms with E-state index in [1.165, 1.54) is 13.3 Å². The van der Waals surface area contributed by atoms with Crippen LogP contribution in [0.1, 0.15) is 30.7 Å². The minimum absolute atomic E-state index is 0.0776. The maximum absolute atomic E-state index is 12.4. The number of benzene rings is 1. The van der Waals surface area contributed by atoms with E-state index in [2.05, 4.69) is 5.32 Å². The zero-order valence-corrected chi connectivity index (χ0v) is 15.3. The van der Waals surface area contributed by atoms with Gasteiger partial charge in [-0.3, -0.25) is 9.59 Å². The van der Waals surface area contributed by atoms with Gasteiger partial charge in [0.2, 0.25) is 0 Å². The fourth-order valence-electron chi connectivity index (χ4n) is 2.85. The van der Waals surface area contributed by atoms with Crippen molar-refractivity contribution >= 4 is 29.3 Å². The average molecular weight is 361 g/mol. The van der Waals surface area contributed by atoms with E-state index in [4.69, 9.17) is 4.74 Å². The molecular weight excluding hydrogens is 338 g/mol. The first-order chi connectivity index (χ1) is 12.1. The van der Waals surface area contributed by atoms with Crippen LogP contribution in [-0.2, 0) is 19.1 Å². The molecule has 1 aliphatic rings. The van der Waals surface area contributed by atoms with Gasteiger partial charge < -0.3 is 10.1 Å². The van der Waals surface area contributed by atoms with Gasteiger partial charge in [-0.2, -0.15) is 11.8 Å². The number of allylic oxidation sites excluding steroid dienone is 1. The van der Waals surface area contributed by atoms with E-state index >= 15 is 0 Å². The van der Waals surface area contributed by atoms with E-state index < -0.39 is 12.0 Å². The molecule has 6 heteroatoms. The van der Waals surface area contributed by atoms with Crippen LogP contribution in [0.3, 0.4) is 0 Å². The normalized spacial score (nSPS) is 18.6. The Morgan fingerprint density at radius 1 is 1.28 bits per heavy atom. The Hall–Kier alpha value is -2.08. The van der Waals surface area contributed by atoms with Gasteiger partial charge in [0.25, 0.3) is 0 Å². The van der Waals surface area contributed by atoms with Crippen molar-refractivity contribution in [3.8, 4) is 0 Å². The molecule has 0 unspecified atom stereocenters. The van der Waals surface area contributed by atoms with Gasteiger partial charge in [0.1, 0.15) is 6.04 Å². The second-order valence-electron chi connectivity index (χ2n) is 5.94. The quantitative estimate of drug-likeness (QED) is 0.457. The molecule has 1 fully saturated rings. The van der Waals surface area contributed by atoms with Gasteiger partial charge in [-0.15, -0.1) is 0 Å². The van der Waals surface area contributed by atoms with Gasteiger partial charge in [-0.05, 0) is 29.9 Å². The Morgan fingerprint density at radius 3 is 2.48 bits per heavy atom. The Morgan fingerprint density at radius 2 is 1.92 bits per heavy atom. The summed E-state index contributed by atoms with van der Waals surface area (Å²) in [6.07, 6.45) is 4.51. The molecule has 1 aliphatic carbocycles. The lowest BCUT2D eigenvalue weighted by Gasteiger charge is -2.23. The summed E-state index contributed by atoms with van der Waals surface area (Å²) in [5, 5.41) is 2.90. The minimum Gasteiger partial charge on any atom is -0.467 e. The number of hydrogen-bond acceptors (Lipinski definition) is 6. The number of methoxy groups -OCH3 is 1. The van der Waals surface area contributed by atoms with Crippen molar-refractivity contribution in [1.82, 2.24) is 5.32 Å². The number of carbonyl (C=O) groups is 3. The molecule has 1 N–H and O–H groups in total. The van der Waals surface area contributed by atoms with Crippen molar-refractivity contribution in [3.05, 3.63) is 47.7 Å². The summed E-state index contributed by atoms with van der Waals surface area (Å²) in [7, 11) is 1.32. The summed E-state index contributed by atoms with van der Waals surface area (Å²) in [5.74, 6) is -0.0827. The molecule has 5 nitrogen and oxygen atoms in total. The van der Waals surface area contributed by atoms with Gasteiger partial charge in [-0.25, -0.2) is 4.79 Å². The van der Waals surface area contributed by atoms with Crippen molar-refractivity contribution in [3.63, 3.8) is 0 Å². The lowest BCUT2D eigenvalue weighted by Crippen LogP contribution is -2.36. The summed E-state index contributed by atoms with van der Waals surface area (Å²) in [6.45, 7) is 0. The second kappa shape index (κ2) is 9.42. The molecule has 0 heterocycles. The van der Waals surface area contributed by atoms with E-state index in [-0.39, 0.29) is 23.1 Å². The Balaban J connectivity index is 2.06. The predicted octanol–water partition coefficient (Wildman–Crippen LogP) is 2.47. The fraction of sp³-hybridized carbons (Fsp3) is 0.421. The summed E-state index contributed by atoms with van der Waals surface area (Å²) < 4.78 is 4.77. The highest BCUT2D eigenvalue weighted by atomic mass is 32.2. The third-order valence-corrected chi connectivity index (χ3v) is 4.90. The average Bonchev–Trinajstić information content (AvgIpc) is 2.63. The molecule has 134 valence electrons. The van der Waals surface area contributed by atoms with Crippen molar-refractivity contribution < 1.29 is 19.1 Å². The summed E-state index contributed by atoms with van der Waals surface area (Å²) >= 11 is 1.62. The van der Waals surface area contributed by atoms with E-state index in [1.54, 1.807) is 11.8 Å². The molecule has 0 bridgehead atoms. The number of ketones is 2. The van der Waals surface area contributed by atoms with Gasteiger partial charge in [0, 0.05) is 19.0 Å². The van der Waals surface area contributed by atoms with E-state index in [1.807, 2.05) is 36.6 Å². The van der Waals surface area contributed by atoms with Crippen LogP contribution in [0.4, 0.5) is 0 Å². The first-order valence-corrected chi connectivity index (χ1v) is 9.60. The van der Waals surface area contributed by atoms with E-state index in [0.717, 1.165) is 11.3 Å². The Bertz CT molecular complexity index is 637. The SMILES string of the molecule is COC(=O)[C@H](CCSC)NC=C1C(=O)CC(c2ccccc2)CC1=O. The first kappa shape index (κ1) is 19.2. The van der Waals surface area contributed by atoms with Crippen LogP contribution in [0.5, 0.6) is 0 Å². The van der Waals surface area contributed by atoms with Crippen molar-refractivity contribution in [2.75, 3.05) is 19.1 Å². The number of ether oxygens (including phenoxy) is 1. The first-order valence-electron chi connectivity index (χ1n) is 8.21. The summed E-state index contributed by atoms with van der Waals surface area (Å²) in [5.41, 5.74) is 1.15. The molecule has 0 radical (unpaired) electrons. The minimum atomic E-state index is -0.558. The summed E-state index contributed by atoms with van der Waals surface area (Å²) in [6, 6.07) is 9.04. The largest absolute Gasteiger partial charge is 0.467 e. The summed E-state index contributed by atoms with van der Waals surface area (Å²) in [4.78, 5) is 36.6. The van der Waals surface area contributed by atoms with Crippen LogP contribution < -0.4 is 5.32 Å². The number of thioether (sulfide) groups is 1. The maximum atomic E-state index is 12.4. The van der Waals surface area contributed by atoms with Gasteiger partial charge in [0.05, 0.1) is 12.7 Å². The highest BCUT2D eigenvalue weighted by molar-refractivity contribution is 7.98. The Labute approximate surface area is 152 Å². The third-order valence-electron chi connectivity index (χ3n) is 4.26. The van der Waals surface area contributed by atoms with Gasteiger partial charge in [0.15, 0.2) is 11.6 Å². The molecule has 0 amide bonds. The fourth-order valence-corrected chi connectivity index (χ4v) is 3.32. The molecule has 0 aromatic heterocycles. The van der Waals surface area contributed by atoms with Crippen molar-refractivity contribution in [1.29, 1.82) is 0 Å². The van der Waals surface area contributed by atoms with Crippen LogP contribution in [0, 0.1) is 0 Å². The van der Waals surface area contributed by atoms with Crippen LogP contribution >= 0.6 is 11.8 Å². The number of esters is 1. The number of nitrogens with one attached hydrogen (secondary N) is 1. The lowest BCUT2D eigenvalue weighted by molar-refractivity contribution is -0.143.